The standard InChI is InChI=1S/C17H20F3N/c1-13-8-10-16(11-9-13,15-6-4-3-5-7-15)12-21-14(2)17(18,19)20/h3-7,21H,1-2,8-12H2. The van der Waals surface area contributed by atoms with E-state index >= 15 is 0 Å². The molecule has 0 atom stereocenters. The molecule has 1 aliphatic rings. The Morgan fingerprint density at radius 1 is 1.14 bits per heavy atom. The Hall–Kier alpha value is -1.71. The molecule has 0 saturated heterocycles. The van der Waals surface area contributed by atoms with E-state index in [4.69, 9.17) is 0 Å². The Labute approximate surface area is 123 Å². The second kappa shape index (κ2) is 5.96. The summed E-state index contributed by atoms with van der Waals surface area (Å²) in [5, 5.41) is 2.50. The smallest absolute Gasteiger partial charge is 0.381 e. The molecule has 1 nitrogen and oxygen atoms in total. The molecule has 0 radical (unpaired) electrons. The average molecular weight is 295 g/mol. The molecular formula is C17H20F3N. The van der Waals surface area contributed by atoms with Crippen molar-refractivity contribution < 1.29 is 13.2 Å². The highest BCUT2D eigenvalue weighted by molar-refractivity contribution is 5.29. The van der Waals surface area contributed by atoms with E-state index in [9.17, 15) is 13.2 Å². The van der Waals surface area contributed by atoms with Gasteiger partial charge < -0.3 is 5.32 Å². The maximum atomic E-state index is 12.6. The molecule has 1 aliphatic carbocycles. The van der Waals surface area contributed by atoms with Crippen LogP contribution in [0.2, 0.25) is 0 Å². The van der Waals surface area contributed by atoms with E-state index in [2.05, 4.69) is 18.5 Å². The van der Waals surface area contributed by atoms with Crippen LogP contribution in [0.5, 0.6) is 0 Å². The largest absolute Gasteiger partial charge is 0.430 e. The van der Waals surface area contributed by atoms with Gasteiger partial charge in [0.05, 0.1) is 0 Å². The van der Waals surface area contributed by atoms with E-state index in [1.54, 1.807) is 0 Å². The second-order valence-electron chi connectivity index (χ2n) is 5.73. The van der Waals surface area contributed by atoms with Crippen LogP contribution in [0, 0.1) is 0 Å². The lowest BCUT2D eigenvalue weighted by molar-refractivity contribution is -0.0967. The summed E-state index contributed by atoms with van der Waals surface area (Å²) in [7, 11) is 0. The molecule has 0 spiro atoms. The van der Waals surface area contributed by atoms with Gasteiger partial charge in [-0.2, -0.15) is 13.2 Å². The molecule has 0 amide bonds. The first-order valence-electron chi connectivity index (χ1n) is 7.06. The zero-order valence-corrected chi connectivity index (χ0v) is 12.0. The fourth-order valence-corrected chi connectivity index (χ4v) is 2.82. The average Bonchev–Trinajstić information content (AvgIpc) is 2.47. The van der Waals surface area contributed by atoms with Gasteiger partial charge in [-0.1, -0.05) is 49.1 Å². The summed E-state index contributed by atoms with van der Waals surface area (Å²) in [6.45, 7) is 7.34. The van der Waals surface area contributed by atoms with Crippen LogP contribution in [0.4, 0.5) is 13.2 Å². The fourth-order valence-electron chi connectivity index (χ4n) is 2.82. The van der Waals surface area contributed by atoms with Crippen LogP contribution in [0.25, 0.3) is 0 Å². The van der Waals surface area contributed by atoms with Crippen LogP contribution in [-0.4, -0.2) is 12.7 Å². The molecule has 1 saturated carbocycles. The van der Waals surface area contributed by atoms with E-state index in [-0.39, 0.29) is 12.0 Å². The van der Waals surface area contributed by atoms with E-state index in [0.29, 0.717) is 0 Å². The minimum absolute atomic E-state index is 0.253. The van der Waals surface area contributed by atoms with Crippen LogP contribution >= 0.6 is 0 Å². The number of alkyl halides is 3. The van der Waals surface area contributed by atoms with Gasteiger partial charge in [-0.3, -0.25) is 0 Å². The van der Waals surface area contributed by atoms with Crippen LogP contribution < -0.4 is 5.32 Å². The Kier molecular flexibility index (Phi) is 4.45. The summed E-state index contributed by atoms with van der Waals surface area (Å²) in [5.41, 5.74) is 1.11. The highest BCUT2D eigenvalue weighted by Gasteiger charge is 2.38. The summed E-state index contributed by atoms with van der Waals surface area (Å²) in [6.07, 6.45) is -1.05. The zero-order chi connectivity index (χ0) is 15.5. The third-order valence-electron chi connectivity index (χ3n) is 4.28. The van der Waals surface area contributed by atoms with E-state index in [1.807, 2.05) is 30.3 Å². The number of benzene rings is 1. The van der Waals surface area contributed by atoms with Gasteiger partial charge in [0.25, 0.3) is 0 Å². The van der Waals surface area contributed by atoms with Gasteiger partial charge in [-0.25, -0.2) is 0 Å². The first kappa shape index (κ1) is 15.7. The number of halogens is 3. The highest BCUT2D eigenvalue weighted by atomic mass is 19.4. The molecule has 4 heteroatoms. The van der Waals surface area contributed by atoms with E-state index in [1.165, 1.54) is 5.57 Å². The maximum Gasteiger partial charge on any atom is 0.430 e. The van der Waals surface area contributed by atoms with Gasteiger partial charge >= 0.3 is 6.18 Å². The lowest BCUT2D eigenvalue weighted by atomic mass is 9.68. The highest BCUT2D eigenvalue weighted by Crippen LogP contribution is 2.41. The number of nitrogens with one attached hydrogen (secondary N) is 1. The van der Waals surface area contributed by atoms with Crippen molar-refractivity contribution in [1.82, 2.24) is 5.32 Å². The van der Waals surface area contributed by atoms with Crippen molar-refractivity contribution in [2.75, 3.05) is 6.54 Å². The topological polar surface area (TPSA) is 12.0 Å². The van der Waals surface area contributed by atoms with Gasteiger partial charge in [0.2, 0.25) is 0 Å². The predicted molar refractivity (Wildman–Crippen MR) is 78.9 cm³/mol. The number of rotatable bonds is 4. The molecule has 2 rings (SSSR count). The molecular weight excluding hydrogens is 275 g/mol. The van der Waals surface area contributed by atoms with Gasteiger partial charge in [0.15, 0.2) is 0 Å². The summed E-state index contributed by atoms with van der Waals surface area (Å²) in [5.74, 6) is 0. The Balaban J connectivity index is 2.18. The summed E-state index contributed by atoms with van der Waals surface area (Å²) in [4.78, 5) is 0. The monoisotopic (exact) mass is 295 g/mol. The summed E-state index contributed by atoms with van der Waals surface area (Å²) < 4.78 is 37.8. The Morgan fingerprint density at radius 2 is 1.71 bits per heavy atom. The lowest BCUT2D eigenvalue weighted by Gasteiger charge is -2.39. The third-order valence-corrected chi connectivity index (χ3v) is 4.28. The Bertz CT molecular complexity index is 507. The second-order valence-corrected chi connectivity index (χ2v) is 5.73. The molecule has 0 heterocycles. The number of hydrogen-bond donors (Lipinski definition) is 1. The van der Waals surface area contributed by atoms with Crippen LogP contribution in [0.15, 0.2) is 54.8 Å². The van der Waals surface area contributed by atoms with Crippen molar-refractivity contribution in [3.63, 3.8) is 0 Å². The minimum Gasteiger partial charge on any atom is -0.381 e. The van der Waals surface area contributed by atoms with Gasteiger partial charge in [-0.05, 0) is 31.2 Å². The molecule has 1 aromatic rings. The van der Waals surface area contributed by atoms with Crippen molar-refractivity contribution in [3.05, 3.63) is 60.3 Å². The molecule has 21 heavy (non-hydrogen) atoms. The maximum absolute atomic E-state index is 12.6. The SMILES string of the molecule is C=C1CCC(CNC(=C)C(F)(F)F)(c2ccccc2)CC1. The number of hydrogen-bond acceptors (Lipinski definition) is 1. The van der Waals surface area contributed by atoms with Crippen LogP contribution in [0.1, 0.15) is 31.2 Å². The molecule has 1 N–H and O–H groups in total. The normalized spacial score (nSPS) is 18.3. The summed E-state index contributed by atoms with van der Waals surface area (Å²) in [6, 6.07) is 9.76. The van der Waals surface area contributed by atoms with Crippen LogP contribution in [0.3, 0.4) is 0 Å². The van der Waals surface area contributed by atoms with Crippen molar-refractivity contribution in [2.24, 2.45) is 0 Å². The fraction of sp³-hybridized carbons (Fsp3) is 0.412. The summed E-state index contributed by atoms with van der Waals surface area (Å²) >= 11 is 0. The molecule has 114 valence electrons. The van der Waals surface area contributed by atoms with Gasteiger partial charge in [-0.15, -0.1) is 0 Å². The quantitative estimate of drug-likeness (QED) is 0.792. The molecule has 0 aromatic heterocycles. The molecule has 1 fully saturated rings. The van der Waals surface area contributed by atoms with Crippen molar-refractivity contribution in [2.45, 2.75) is 37.3 Å². The van der Waals surface area contributed by atoms with Crippen molar-refractivity contribution in [1.29, 1.82) is 0 Å². The Morgan fingerprint density at radius 3 is 2.24 bits per heavy atom. The third kappa shape index (κ3) is 3.69. The van der Waals surface area contributed by atoms with E-state index < -0.39 is 11.9 Å². The predicted octanol–water partition coefficient (Wildman–Crippen LogP) is 4.72. The van der Waals surface area contributed by atoms with Crippen molar-refractivity contribution >= 4 is 0 Å². The number of allylic oxidation sites excluding steroid dienone is 2. The first-order valence-corrected chi connectivity index (χ1v) is 7.06. The lowest BCUT2D eigenvalue weighted by Crippen LogP contribution is -2.41. The first-order chi connectivity index (χ1) is 9.83. The molecule has 1 aromatic carbocycles. The minimum atomic E-state index is -4.39. The molecule has 0 aliphatic heterocycles. The van der Waals surface area contributed by atoms with E-state index in [0.717, 1.165) is 31.2 Å². The molecule has 0 bridgehead atoms. The van der Waals surface area contributed by atoms with Gasteiger partial charge in [0.1, 0.15) is 5.70 Å². The van der Waals surface area contributed by atoms with Crippen LogP contribution in [-0.2, 0) is 5.41 Å². The van der Waals surface area contributed by atoms with Gasteiger partial charge in [0, 0.05) is 12.0 Å². The van der Waals surface area contributed by atoms with Crippen molar-refractivity contribution in [3.8, 4) is 0 Å². The molecule has 0 unspecified atom stereocenters. The zero-order valence-electron chi connectivity index (χ0n) is 12.0.